The Morgan fingerprint density at radius 2 is 2.20 bits per heavy atom. The van der Waals surface area contributed by atoms with Crippen LogP contribution in [-0.2, 0) is 18.4 Å². The molecule has 6 nitrogen and oxygen atoms in total. The second kappa shape index (κ2) is 7.70. The molecule has 1 aromatic heterocycles. The standard InChI is InChI=1S/C19H26N4O2/c1-14-16(12-22-23-14)8-5-11-20-18(24)21-13-19(25)10-4-7-15-6-2-3-9-17(15)19/h2-3,6,9,12,25H,4-5,7-8,10-11,13H2,1H3,(H,22,23)(H2,20,21,24). The van der Waals surface area contributed by atoms with Crippen molar-refractivity contribution in [3.63, 3.8) is 0 Å². The molecule has 1 aromatic carbocycles. The van der Waals surface area contributed by atoms with Crippen molar-refractivity contribution >= 4 is 6.03 Å². The number of urea groups is 1. The molecule has 0 bridgehead atoms. The SMILES string of the molecule is Cc1[nH]ncc1CCCNC(=O)NCC1(O)CCCc2ccccc21. The molecule has 4 N–H and O–H groups in total. The van der Waals surface area contributed by atoms with Gasteiger partial charge in [-0.15, -0.1) is 0 Å². The number of rotatable bonds is 6. The van der Waals surface area contributed by atoms with Gasteiger partial charge in [0.1, 0.15) is 5.60 Å². The molecule has 0 radical (unpaired) electrons. The Morgan fingerprint density at radius 1 is 1.36 bits per heavy atom. The summed E-state index contributed by atoms with van der Waals surface area (Å²) in [7, 11) is 0. The largest absolute Gasteiger partial charge is 0.383 e. The van der Waals surface area contributed by atoms with Crippen LogP contribution in [0.1, 0.15) is 41.6 Å². The molecule has 2 amide bonds. The van der Waals surface area contributed by atoms with E-state index in [4.69, 9.17) is 0 Å². The number of benzene rings is 1. The maximum absolute atomic E-state index is 12.0. The van der Waals surface area contributed by atoms with Gasteiger partial charge in [-0.2, -0.15) is 5.10 Å². The number of carbonyl (C=O) groups excluding carboxylic acids is 1. The van der Waals surface area contributed by atoms with Crippen molar-refractivity contribution in [3.05, 3.63) is 52.8 Å². The van der Waals surface area contributed by atoms with E-state index in [1.807, 2.05) is 31.3 Å². The van der Waals surface area contributed by atoms with Gasteiger partial charge in [0.25, 0.3) is 0 Å². The fourth-order valence-corrected chi connectivity index (χ4v) is 3.48. The van der Waals surface area contributed by atoms with Crippen molar-refractivity contribution in [2.45, 2.75) is 44.6 Å². The molecule has 0 saturated carbocycles. The minimum Gasteiger partial charge on any atom is -0.383 e. The molecule has 6 heteroatoms. The summed E-state index contributed by atoms with van der Waals surface area (Å²) < 4.78 is 0. The first-order valence-corrected chi connectivity index (χ1v) is 8.90. The third-order valence-electron chi connectivity index (χ3n) is 4.94. The minimum atomic E-state index is -0.972. The number of hydrogen-bond donors (Lipinski definition) is 4. The van der Waals surface area contributed by atoms with E-state index in [-0.39, 0.29) is 12.6 Å². The molecular formula is C19H26N4O2. The van der Waals surface area contributed by atoms with Crippen molar-refractivity contribution in [2.24, 2.45) is 0 Å². The van der Waals surface area contributed by atoms with E-state index >= 15 is 0 Å². The second-order valence-electron chi connectivity index (χ2n) is 6.78. The summed E-state index contributed by atoms with van der Waals surface area (Å²) in [5, 5.41) is 23.5. The molecule has 1 aliphatic rings. The Morgan fingerprint density at radius 3 is 3.00 bits per heavy atom. The van der Waals surface area contributed by atoms with Crippen molar-refractivity contribution in [3.8, 4) is 0 Å². The predicted octanol–water partition coefficient (Wildman–Crippen LogP) is 2.17. The summed E-state index contributed by atoms with van der Waals surface area (Å²) >= 11 is 0. The number of H-pyrrole nitrogens is 1. The molecule has 1 unspecified atom stereocenters. The Kier molecular flexibility index (Phi) is 5.38. The monoisotopic (exact) mass is 342 g/mol. The fourth-order valence-electron chi connectivity index (χ4n) is 3.48. The second-order valence-corrected chi connectivity index (χ2v) is 6.78. The van der Waals surface area contributed by atoms with Crippen LogP contribution in [0.4, 0.5) is 4.79 Å². The number of aromatic nitrogens is 2. The van der Waals surface area contributed by atoms with Crippen LogP contribution < -0.4 is 10.6 Å². The number of carbonyl (C=O) groups is 1. The molecular weight excluding hydrogens is 316 g/mol. The normalized spacial score (nSPS) is 19.3. The van der Waals surface area contributed by atoms with Gasteiger partial charge in [-0.05, 0) is 55.7 Å². The van der Waals surface area contributed by atoms with Crippen LogP contribution in [0.25, 0.3) is 0 Å². The number of hydrogen-bond acceptors (Lipinski definition) is 3. The van der Waals surface area contributed by atoms with E-state index in [1.165, 1.54) is 11.1 Å². The van der Waals surface area contributed by atoms with Gasteiger partial charge in [0.15, 0.2) is 0 Å². The van der Waals surface area contributed by atoms with Crippen LogP contribution in [0, 0.1) is 6.92 Å². The predicted molar refractivity (Wildman–Crippen MR) is 96.3 cm³/mol. The number of aromatic amines is 1. The van der Waals surface area contributed by atoms with Crippen molar-refractivity contribution in [1.29, 1.82) is 0 Å². The molecule has 1 heterocycles. The summed E-state index contributed by atoms with van der Waals surface area (Å²) in [6.07, 6.45) is 6.13. The Balaban J connectivity index is 1.44. The van der Waals surface area contributed by atoms with E-state index < -0.39 is 5.60 Å². The molecule has 134 valence electrons. The number of nitrogens with one attached hydrogen (secondary N) is 3. The van der Waals surface area contributed by atoms with E-state index in [0.29, 0.717) is 13.0 Å². The van der Waals surface area contributed by atoms with Crippen LogP contribution in [0.2, 0.25) is 0 Å². The lowest BCUT2D eigenvalue weighted by molar-refractivity contribution is 0.0217. The Hall–Kier alpha value is -2.34. The molecule has 0 spiro atoms. The smallest absolute Gasteiger partial charge is 0.314 e. The molecule has 3 rings (SSSR count). The van der Waals surface area contributed by atoms with E-state index in [0.717, 1.165) is 36.9 Å². The lowest BCUT2D eigenvalue weighted by atomic mass is 9.79. The number of amides is 2. The highest BCUT2D eigenvalue weighted by Gasteiger charge is 2.34. The first-order valence-electron chi connectivity index (χ1n) is 8.90. The molecule has 0 saturated heterocycles. The van der Waals surface area contributed by atoms with Crippen LogP contribution in [0.3, 0.4) is 0 Å². The van der Waals surface area contributed by atoms with E-state index in [1.54, 1.807) is 0 Å². The summed E-state index contributed by atoms with van der Waals surface area (Å²) in [6.45, 7) is 2.81. The average molecular weight is 342 g/mol. The third kappa shape index (κ3) is 4.20. The zero-order valence-corrected chi connectivity index (χ0v) is 14.6. The summed E-state index contributed by atoms with van der Waals surface area (Å²) in [6, 6.07) is 7.71. The minimum absolute atomic E-state index is 0.233. The van der Waals surface area contributed by atoms with Crippen molar-refractivity contribution in [2.75, 3.05) is 13.1 Å². The average Bonchev–Trinajstić information content (AvgIpc) is 3.02. The topological polar surface area (TPSA) is 90.0 Å². The van der Waals surface area contributed by atoms with Crippen LogP contribution >= 0.6 is 0 Å². The summed E-state index contributed by atoms with van der Waals surface area (Å²) in [5.41, 5.74) is 3.39. The lowest BCUT2D eigenvalue weighted by Crippen LogP contribution is -2.46. The Labute approximate surface area is 148 Å². The number of aliphatic hydroxyl groups is 1. The van der Waals surface area contributed by atoms with Gasteiger partial charge in [0, 0.05) is 12.2 Å². The van der Waals surface area contributed by atoms with Gasteiger partial charge in [0.05, 0.1) is 12.7 Å². The molecule has 1 atom stereocenters. The maximum atomic E-state index is 12.0. The summed E-state index contributed by atoms with van der Waals surface area (Å²) in [5.74, 6) is 0. The van der Waals surface area contributed by atoms with Gasteiger partial charge in [-0.3, -0.25) is 5.10 Å². The van der Waals surface area contributed by atoms with Crippen LogP contribution in [0.15, 0.2) is 30.5 Å². The van der Waals surface area contributed by atoms with Gasteiger partial charge in [-0.1, -0.05) is 24.3 Å². The van der Waals surface area contributed by atoms with Gasteiger partial charge < -0.3 is 15.7 Å². The van der Waals surface area contributed by atoms with Crippen LogP contribution in [0.5, 0.6) is 0 Å². The van der Waals surface area contributed by atoms with Crippen molar-refractivity contribution in [1.82, 2.24) is 20.8 Å². The fraction of sp³-hybridized carbons (Fsp3) is 0.474. The number of fused-ring (bicyclic) bond motifs is 1. The van der Waals surface area contributed by atoms with E-state index in [2.05, 4.69) is 26.9 Å². The number of nitrogens with zero attached hydrogens (tertiary/aromatic N) is 1. The highest BCUT2D eigenvalue weighted by atomic mass is 16.3. The highest BCUT2D eigenvalue weighted by molar-refractivity contribution is 5.73. The maximum Gasteiger partial charge on any atom is 0.314 e. The van der Waals surface area contributed by atoms with Gasteiger partial charge in [-0.25, -0.2) is 4.79 Å². The molecule has 0 fully saturated rings. The van der Waals surface area contributed by atoms with Crippen molar-refractivity contribution < 1.29 is 9.90 Å². The van der Waals surface area contributed by atoms with Gasteiger partial charge >= 0.3 is 6.03 Å². The molecule has 1 aliphatic carbocycles. The first-order chi connectivity index (χ1) is 12.1. The molecule has 0 aliphatic heterocycles. The summed E-state index contributed by atoms with van der Waals surface area (Å²) in [4.78, 5) is 12.0. The van der Waals surface area contributed by atoms with E-state index in [9.17, 15) is 9.90 Å². The lowest BCUT2D eigenvalue weighted by Gasteiger charge is -2.34. The van der Waals surface area contributed by atoms with Gasteiger partial charge in [0.2, 0.25) is 0 Å². The molecule has 25 heavy (non-hydrogen) atoms. The zero-order chi connectivity index (χ0) is 17.7. The first kappa shape index (κ1) is 17.5. The number of aryl methyl sites for hydroxylation is 3. The Bertz CT molecular complexity index is 728. The molecule has 2 aromatic rings. The quantitative estimate of drug-likeness (QED) is 0.607. The third-order valence-corrected chi connectivity index (χ3v) is 4.94. The highest BCUT2D eigenvalue weighted by Crippen LogP contribution is 2.34. The zero-order valence-electron chi connectivity index (χ0n) is 14.6. The van der Waals surface area contributed by atoms with Crippen LogP contribution in [-0.4, -0.2) is 34.4 Å².